The third kappa shape index (κ3) is 5.23. The van der Waals surface area contributed by atoms with Gasteiger partial charge in [0.1, 0.15) is 10.0 Å². The zero-order valence-corrected chi connectivity index (χ0v) is 20.7. The Balaban J connectivity index is 1.36. The highest BCUT2D eigenvalue weighted by molar-refractivity contribution is 7.15. The van der Waals surface area contributed by atoms with Crippen LogP contribution in [0, 0.1) is 0 Å². The molecule has 0 saturated carbocycles. The van der Waals surface area contributed by atoms with Crippen LogP contribution in [-0.2, 0) is 16.0 Å². The minimum Gasteiger partial charge on any atom is -0.379 e. The van der Waals surface area contributed by atoms with Gasteiger partial charge in [-0.2, -0.15) is 15.0 Å². The number of halogens is 2. The number of hydrogen-bond acceptors (Lipinski definition) is 11. The van der Waals surface area contributed by atoms with Crippen molar-refractivity contribution in [2.75, 3.05) is 62.8 Å². The molecule has 2 aliphatic heterocycles. The van der Waals surface area contributed by atoms with Crippen molar-refractivity contribution in [2.45, 2.75) is 13.0 Å². The third-order valence-corrected chi connectivity index (χ3v) is 7.04. The molecule has 0 amide bonds. The van der Waals surface area contributed by atoms with E-state index in [1.165, 1.54) is 15.9 Å². The number of benzene rings is 1. The minimum atomic E-state index is -2.81. The lowest BCUT2D eigenvalue weighted by atomic mass is 10.3. The normalized spacial score (nSPS) is 17.1. The fourth-order valence-corrected chi connectivity index (χ4v) is 5.17. The Morgan fingerprint density at radius 3 is 2.43 bits per heavy atom. The number of anilines is 3. The number of hydrogen-bond donors (Lipinski definition) is 1. The molecule has 1 aromatic carbocycles. The smallest absolute Gasteiger partial charge is 0.296 e. The molecule has 0 bridgehead atoms. The molecule has 1 N–H and O–H groups in total. The molecule has 4 aromatic rings. The van der Waals surface area contributed by atoms with Crippen LogP contribution in [0.1, 0.15) is 17.3 Å². The van der Waals surface area contributed by atoms with Crippen LogP contribution in [-0.4, -0.2) is 87.0 Å². The van der Waals surface area contributed by atoms with E-state index in [1.807, 2.05) is 4.90 Å². The van der Waals surface area contributed by atoms with E-state index < -0.39 is 12.2 Å². The maximum absolute atomic E-state index is 14.0. The van der Waals surface area contributed by atoms with Crippen molar-refractivity contribution in [3.8, 4) is 5.95 Å². The van der Waals surface area contributed by atoms with E-state index in [1.54, 1.807) is 30.5 Å². The number of fused-ring (bicyclic) bond motifs is 1. The standard InChI is InChI=1S/C23H25F2N9O2S/c24-19(25)20-27-15-3-1-2-4-16(15)34(20)23-30-21(29-22(31-23)33-7-11-36-12-8-33)28-17-13-26-18(37-17)14-32-5-9-35-10-6-32/h1-4,13,19H,5-12,14H2,(H,28,29,30,31). The van der Waals surface area contributed by atoms with Gasteiger partial charge in [-0.15, -0.1) is 0 Å². The highest BCUT2D eigenvalue weighted by atomic mass is 32.1. The summed E-state index contributed by atoms with van der Waals surface area (Å²) in [4.78, 5) is 26.6. The van der Waals surface area contributed by atoms with Gasteiger partial charge in [-0.3, -0.25) is 9.47 Å². The van der Waals surface area contributed by atoms with Gasteiger partial charge in [0.05, 0.1) is 50.2 Å². The number of aromatic nitrogens is 6. The quantitative estimate of drug-likeness (QED) is 0.384. The molecule has 5 heterocycles. The van der Waals surface area contributed by atoms with E-state index in [0.717, 1.165) is 42.9 Å². The molecule has 6 rings (SSSR count). The number of nitrogens with one attached hydrogen (secondary N) is 1. The van der Waals surface area contributed by atoms with Crippen molar-refractivity contribution >= 4 is 39.3 Å². The summed E-state index contributed by atoms with van der Waals surface area (Å²) < 4.78 is 40.2. The van der Waals surface area contributed by atoms with Gasteiger partial charge in [0, 0.05) is 26.2 Å². The van der Waals surface area contributed by atoms with Gasteiger partial charge in [0.15, 0.2) is 5.82 Å². The topological polar surface area (TPSA) is 106 Å². The second kappa shape index (κ2) is 10.6. The Kier molecular flexibility index (Phi) is 6.87. The summed E-state index contributed by atoms with van der Waals surface area (Å²) in [7, 11) is 0. The summed E-state index contributed by atoms with van der Waals surface area (Å²) in [5.41, 5.74) is 0.935. The van der Waals surface area contributed by atoms with Gasteiger partial charge in [-0.1, -0.05) is 23.5 Å². The Labute approximate surface area is 215 Å². The third-order valence-electron chi connectivity index (χ3n) is 6.14. The molecule has 11 nitrogen and oxygen atoms in total. The fraction of sp³-hybridized carbons (Fsp3) is 0.435. The second-order valence-electron chi connectivity index (χ2n) is 8.59. The summed E-state index contributed by atoms with van der Waals surface area (Å²) in [6.45, 7) is 6.13. The first-order valence-corrected chi connectivity index (χ1v) is 12.8. The number of morpholine rings is 2. The summed E-state index contributed by atoms with van der Waals surface area (Å²) in [5.74, 6) is 0.274. The molecule has 2 saturated heterocycles. The zero-order chi connectivity index (χ0) is 25.2. The molecule has 3 aromatic heterocycles. The highest BCUT2D eigenvalue weighted by Gasteiger charge is 2.24. The van der Waals surface area contributed by atoms with Crippen molar-refractivity contribution in [2.24, 2.45) is 0 Å². The number of ether oxygens (including phenoxy) is 2. The molecule has 0 atom stereocenters. The van der Waals surface area contributed by atoms with Crippen molar-refractivity contribution in [1.82, 2.24) is 34.4 Å². The van der Waals surface area contributed by atoms with E-state index in [2.05, 4.69) is 35.1 Å². The van der Waals surface area contributed by atoms with Gasteiger partial charge >= 0.3 is 0 Å². The van der Waals surface area contributed by atoms with Gasteiger partial charge in [0.25, 0.3) is 6.43 Å². The van der Waals surface area contributed by atoms with E-state index in [9.17, 15) is 8.78 Å². The van der Waals surface area contributed by atoms with Crippen molar-refractivity contribution in [1.29, 1.82) is 0 Å². The Morgan fingerprint density at radius 1 is 0.919 bits per heavy atom. The van der Waals surface area contributed by atoms with Gasteiger partial charge in [0.2, 0.25) is 17.8 Å². The van der Waals surface area contributed by atoms with Crippen molar-refractivity contribution < 1.29 is 18.3 Å². The predicted octanol–water partition coefficient (Wildman–Crippen LogP) is 3.02. The number of imidazole rings is 1. The van der Waals surface area contributed by atoms with Crippen molar-refractivity contribution in [3.63, 3.8) is 0 Å². The van der Waals surface area contributed by atoms with Crippen LogP contribution < -0.4 is 10.2 Å². The molecule has 14 heteroatoms. The summed E-state index contributed by atoms with van der Waals surface area (Å²) in [6.07, 6.45) is -1.08. The fourth-order valence-electron chi connectivity index (χ4n) is 4.32. The van der Waals surface area contributed by atoms with Crippen LogP contribution in [0.2, 0.25) is 0 Å². The zero-order valence-electron chi connectivity index (χ0n) is 19.9. The first-order valence-electron chi connectivity index (χ1n) is 12.0. The molecule has 0 radical (unpaired) electrons. The van der Waals surface area contributed by atoms with Gasteiger partial charge in [-0.25, -0.2) is 18.7 Å². The van der Waals surface area contributed by atoms with Crippen LogP contribution in [0.3, 0.4) is 0 Å². The predicted molar refractivity (Wildman–Crippen MR) is 134 cm³/mol. The molecule has 0 unspecified atom stereocenters. The van der Waals surface area contributed by atoms with Crippen LogP contribution in [0.4, 0.5) is 25.7 Å². The molecule has 194 valence electrons. The van der Waals surface area contributed by atoms with Crippen LogP contribution in [0.15, 0.2) is 30.5 Å². The SMILES string of the molecule is FC(F)c1nc2ccccc2n1-c1nc(Nc2cnc(CN3CCOCC3)s2)nc(N2CCOCC2)n1. The van der Waals surface area contributed by atoms with E-state index in [4.69, 9.17) is 9.47 Å². The minimum absolute atomic E-state index is 0.0704. The molecule has 2 aliphatic rings. The average Bonchev–Trinajstić information content (AvgIpc) is 3.54. The lowest BCUT2D eigenvalue weighted by Crippen LogP contribution is -2.37. The molecule has 0 aliphatic carbocycles. The van der Waals surface area contributed by atoms with E-state index in [-0.39, 0.29) is 11.9 Å². The number of thiazole rings is 1. The largest absolute Gasteiger partial charge is 0.379 e. The van der Waals surface area contributed by atoms with Crippen LogP contribution in [0.5, 0.6) is 0 Å². The number of alkyl halides is 2. The van der Waals surface area contributed by atoms with Crippen LogP contribution >= 0.6 is 11.3 Å². The second-order valence-corrected chi connectivity index (χ2v) is 9.70. The highest BCUT2D eigenvalue weighted by Crippen LogP contribution is 2.29. The first kappa shape index (κ1) is 24.0. The molecular formula is C23H25F2N9O2S. The molecule has 2 fully saturated rings. The van der Waals surface area contributed by atoms with Crippen molar-refractivity contribution in [3.05, 3.63) is 41.3 Å². The van der Waals surface area contributed by atoms with Crippen LogP contribution in [0.25, 0.3) is 17.0 Å². The maximum Gasteiger partial charge on any atom is 0.296 e. The summed E-state index contributed by atoms with van der Waals surface area (Å²) in [6, 6.07) is 6.94. The first-order chi connectivity index (χ1) is 18.1. The Bertz CT molecular complexity index is 1370. The van der Waals surface area contributed by atoms with Gasteiger partial charge in [-0.05, 0) is 12.1 Å². The number of nitrogens with zero attached hydrogens (tertiary/aromatic N) is 8. The summed E-state index contributed by atoms with van der Waals surface area (Å²) >= 11 is 1.50. The van der Waals surface area contributed by atoms with E-state index >= 15 is 0 Å². The van der Waals surface area contributed by atoms with Gasteiger partial charge < -0.3 is 19.7 Å². The number of rotatable bonds is 7. The monoisotopic (exact) mass is 529 g/mol. The lowest BCUT2D eigenvalue weighted by Gasteiger charge is -2.27. The summed E-state index contributed by atoms with van der Waals surface area (Å²) in [5, 5.41) is 4.91. The molecule has 37 heavy (non-hydrogen) atoms. The number of para-hydroxylation sites is 2. The molecular weight excluding hydrogens is 504 g/mol. The lowest BCUT2D eigenvalue weighted by molar-refractivity contribution is 0.0341. The molecule has 0 spiro atoms. The average molecular weight is 530 g/mol. The Morgan fingerprint density at radius 2 is 1.65 bits per heavy atom. The maximum atomic E-state index is 14.0. The van der Waals surface area contributed by atoms with E-state index in [0.29, 0.717) is 43.3 Å². The Hall–Kier alpha value is -3.33.